The maximum absolute atomic E-state index is 11.3. The number of benzene rings is 1. The molecular formula is C15H14N2OS. The van der Waals surface area contributed by atoms with E-state index < -0.39 is 0 Å². The maximum Gasteiger partial charge on any atom is 0.195 e. The van der Waals surface area contributed by atoms with E-state index in [9.17, 15) is 4.79 Å². The summed E-state index contributed by atoms with van der Waals surface area (Å²) in [4.78, 5) is 17.9. The molecule has 0 saturated heterocycles. The number of aldehydes is 1. The van der Waals surface area contributed by atoms with Crippen molar-refractivity contribution in [3.05, 3.63) is 47.9 Å². The molecule has 3 rings (SSSR count). The number of imidazole rings is 1. The van der Waals surface area contributed by atoms with Crippen LogP contribution in [0.1, 0.15) is 35.9 Å². The van der Waals surface area contributed by atoms with E-state index in [1.54, 1.807) is 11.3 Å². The molecule has 2 heterocycles. The highest BCUT2D eigenvalue weighted by molar-refractivity contribution is 7.20. The highest BCUT2D eigenvalue weighted by Crippen LogP contribution is 2.31. The van der Waals surface area contributed by atoms with Gasteiger partial charge in [0.1, 0.15) is 5.69 Å². The minimum absolute atomic E-state index is 0.257. The highest BCUT2D eigenvalue weighted by atomic mass is 32.1. The van der Waals surface area contributed by atoms with Crippen LogP contribution < -0.4 is 0 Å². The first-order valence-electron chi connectivity index (χ1n) is 6.23. The lowest BCUT2D eigenvalue weighted by atomic mass is 10.1. The minimum Gasteiger partial charge on any atom is -0.296 e. The number of rotatable bonds is 3. The molecule has 0 aliphatic heterocycles. The highest BCUT2D eigenvalue weighted by Gasteiger charge is 2.17. The molecule has 0 N–H and O–H groups in total. The molecule has 0 aliphatic rings. The van der Waals surface area contributed by atoms with Crippen molar-refractivity contribution in [1.29, 1.82) is 0 Å². The van der Waals surface area contributed by atoms with Gasteiger partial charge in [0.25, 0.3) is 0 Å². The van der Waals surface area contributed by atoms with Crippen LogP contribution in [-0.4, -0.2) is 15.7 Å². The molecule has 0 saturated carbocycles. The third kappa shape index (κ3) is 1.98. The average molecular weight is 270 g/mol. The molecule has 0 atom stereocenters. The zero-order valence-electron chi connectivity index (χ0n) is 10.8. The quantitative estimate of drug-likeness (QED) is 0.674. The van der Waals surface area contributed by atoms with Crippen molar-refractivity contribution in [1.82, 2.24) is 9.38 Å². The number of fused-ring (bicyclic) bond motifs is 1. The van der Waals surface area contributed by atoms with Crippen molar-refractivity contribution in [3.8, 4) is 10.4 Å². The van der Waals surface area contributed by atoms with Crippen molar-refractivity contribution in [2.75, 3.05) is 0 Å². The Hall–Kier alpha value is -1.94. The summed E-state index contributed by atoms with van der Waals surface area (Å²) < 4.78 is 1.90. The third-order valence-corrected chi connectivity index (χ3v) is 4.14. The van der Waals surface area contributed by atoms with Crippen LogP contribution in [0.3, 0.4) is 0 Å². The van der Waals surface area contributed by atoms with Crippen molar-refractivity contribution >= 4 is 22.6 Å². The lowest BCUT2D eigenvalue weighted by Crippen LogP contribution is -1.95. The topological polar surface area (TPSA) is 34.4 Å². The summed E-state index contributed by atoms with van der Waals surface area (Å²) in [6.45, 7) is 4.11. The molecule has 0 fully saturated rings. The van der Waals surface area contributed by atoms with Gasteiger partial charge in [-0.1, -0.05) is 55.5 Å². The Morgan fingerprint density at radius 3 is 2.63 bits per heavy atom. The van der Waals surface area contributed by atoms with Crippen LogP contribution in [0.4, 0.5) is 0 Å². The smallest absolute Gasteiger partial charge is 0.195 e. The van der Waals surface area contributed by atoms with E-state index in [2.05, 4.69) is 31.0 Å². The summed E-state index contributed by atoms with van der Waals surface area (Å²) in [5, 5.41) is 0. The predicted octanol–water partition coefficient (Wildman–Crippen LogP) is 4.00. The third-order valence-electron chi connectivity index (χ3n) is 3.11. The average Bonchev–Trinajstić information content (AvgIpc) is 2.96. The number of carbonyl (C=O) groups is 1. The molecule has 2 aromatic heterocycles. The molecule has 0 amide bonds. The minimum atomic E-state index is 0.257. The predicted molar refractivity (Wildman–Crippen MR) is 78.0 cm³/mol. The monoisotopic (exact) mass is 270 g/mol. The Labute approximate surface area is 115 Å². The van der Waals surface area contributed by atoms with Gasteiger partial charge >= 0.3 is 0 Å². The largest absolute Gasteiger partial charge is 0.296 e. The standard InChI is InChI=1S/C15H14N2OS/c1-10(2)14-12(9-18)17-8-13(19-15(17)16-14)11-6-4-3-5-7-11/h3-10H,1-2H3. The second-order valence-corrected chi connectivity index (χ2v) is 5.78. The summed E-state index contributed by atoms with van der Waals surface area (Å²) in [5.41, 5.74) is 2.70. The molecule has 4 heteroatoms. The van der Waals surface area contributed by atoms with Gasteiger partial charge in [-0.05, 0) is 11.5 Å². The Kier molecular flexibility index (Phi) is 2.95. The number of nitrogens with zero attached hydrogens (tertiary/aromatic N) is 2. The van der Waals surface area contributed by atoms with E-state index in [1.807, 2.05) is 28.8 Å². The van der Waals surface area contributed by atoms with Gasteiger partial charge in [-0.2, -0.15) is 0 Å². The number of hydrogen-bond donors (Lipinski definition) is 0. The SMILES string of the molecule is CC(C)c1nc2sc(-c3ccccc3)cn2c1C=O. The van der Waals surface area contributed by atoms with E-state index >= 15 is 0 Å². The fourth-order valence-corrected chi connectivity index (χ4v) is 3.16. The molecular weight excluding hydrogens is 256 g/mol. The van der Waals surface area contributed by atoms with Crippen molar-refractivity contribution in [2.45, 2.75) is 19.8 Å². The number of aromatic nitrogens is 2. The van der Waals surface area contributed by atoms with E-state index in [4.69, 9.17) is 0 Å². The van der Waals surface area contributed by atoms with E-state index in [-0.39, 0.29) is 5.92 Å². The van der Waals surface area contributed by atoms with Crippen LogP contribution in [0.15, 0.2) is 36.5 Å². The molecule has 0 bridgehead atoms. The maximum atomic E-state index is 11.3. The molecule has 0 spiro atoms. The fourth-order valence-electron chi connectivity index (χ4n) is 2.16. The second kappa shape index (κ2) is 4.63. The van der Waals surface area contributed by atoms with Gasteiger partial charge in [-0.15, -0.1) is 0 Å². The number of carbonyl (C=O) groups excluding carboxylic acids is 1. The first-order chi connectivity index (χ1) is 9.20. The van der Waals surface area contributed by atoms with Crippen molar-refractivity contribution in [2.24, 2.45) is 0 Å². The van der Waals surface area contributed by atoms with Gasteiger partial charge in [0.2, 0.25) is 0 Å². The summed E-state index contributed by atoms with van der Waals surface area (Å²) >= 11 is 1.61. The fraction of sp³-hybridized carbons (Fsp3) is 0.200. The summed E-state index contributed by atoms with van der Waals surface area (Å²) in [6, 6.07) is 10.1. The van der Waals surface area contributed by atoms with E-state index in [0.717, 1.165) is 27.4 Å². The summed E-state index contributed by atoms with van der Waals surface area (Å²) in [5.74, 6) is 0.257. The van der Waals surface area contributed by atoms with Crippen LogP contribution >= 0.6 is 11.3 Å². The molecule has 3 aromatic rings. The van der Waals surface area contributed by atoms with Gasteiger partial charge in [0, 0.05) is 6.20 Å². The molecule has 1 aromatic carbocycles. The molecule has 19 heavy (non-hydrogen) atoms. The van der Waals surface area contributed by atoms with Crippen LogP contribution in [0.5, 0.6) is 0 Å². The van der Waals surface area contributed by atoms with Crippen LogP contribution in [0.25, 0.3) is 15.4 Å². The van der Waals surface area contributed by atoms with Crippen molar-refractivity contribution < 1.29 is 4.79 Å². The number of hydrogen-bond acceptors (Lipinski definition) is 3. The normalized spacial score (nSPS) is 11.3. The molecule has 0 radical (unpaired) electrons. The van der Waals surface area contributed by atoms with Crippen LogP contribution in [-0.2, 0) is 0 Å². The molecule has 0 aliphatic carbocycles. The zero-order valence-corrected chi connectivity index (χ0v) is 11.6. The van der Waals surface area contributed by atoms with Gasteiger partial charge in [0.15, 0.2) is 11.2 Å². The van der Waals surface area contributed by atoms with Gasteiger partial charge < -0.3 is 0 Å². The molecule has 96 valence electrons. The van der Waals surface area contributed by atoms with E-state index in [0.29, 0.717) is 5.69 Å². The second-order valence-electron chi connectivity index (χ2n) is 4.77. The molecule has 0 unspecified atom stereocenters. The zero-order chi connectivity index (χ0) is 13.4. The van der Waals surface area contributed by atoms with Gasteiger partial charge in [-0.3, -0.25) is 9.20 Å². The molecule has 3 nitrogen and oxygen atoms in total. The van der Waals surface area contributed by atoms with Gasteiger partial charge in [0.05, 0.1) is 10.6 Å². The number of thiazole rings is 1. The summed E-state index contributed by atoms with van der Waals surface area (Å²) in [7, 11) is 0. The lowest BCUT2D eigenvalue weighted by molar-refractivity contribution is 0.111. The Bertz CT molecular complexity index is 725. The summed E-state index contributed by atoms with van der Waals surface area (Å²) in [6.07, 6.45) is 2.90. The van der Waals surface area contributed by atoms with Crippen LogP contribution in [0.2, 0.25) is 0 Å². The first-order valence-corrected chi connectivity index (χ1v) is 7.04. The Morgan fingerprint density at radius 1 is 1.26 bits per heavy atom. The van der Waals surface area contributed by atoms with Gasteiger partial charge in [-0.25, -0.2) is 4.98 Å². The Balaban J connectivity index is 2.18. The Morgan fingerprint density at radius 2 is 2.00 bits per heavy atom. The van der Waals surface area contributed by atoms with Crippen molar-refractivity contribution in [3.63, 3.8) is 0 Å². The van der Waals surface area contributed by atoms with E-state index in [1.165, 1.54) is 0 Å². The van der Waals surface area contributed by atoms with Crippen LogP contribution in [0, 0.1) is 0 Å². The first kappa shape index (κ1) is 12.1. The lowest BCUT2D eigenvalue weighted by Gasteiger charge is -2.00.